The van der Waals surface area contributed by atoms with Crippen molar-refractivity contribution in [1.29, 1.82) is 0 Å². The van der Waals surface area contributed by atoms with Crippen molar-refractivity contribution in [2.24, 2.45) is 0 Å². The van der Waals surface area contributed by atoms with Gasteiger partial charge in [0.25, 0.3) is 0 Å². The molecule has 2 atom stereocenters. The first-order chi connectivity index (χ1) is 9.16. The Kier molecular flexibility index (Phi) is 4.97. The van der Waals surface area contributed by atoms with E-state index in [2.05, 4.69) is 12.1 Å². The highest BCUT2D eigenvalue weighted by atomic mass is 16.3. The number of carbonyl (C=O) groups is 1. The van der Waals surface area contributed by atoms with Gasteiger partial charge in [-0.15, -0.1) is 0 Å². The zero-order chi connectivity index (χ0) is 13.7. The molecule has 1 aromatic carbocycles. The molecule has 1 aromatic rings. The van der Waals surface area contributed by atoms with Crippen molar-refractivity contribution in [1.82, 2.24) is 4.90 Å². The van der Waals surface area contributed by atoms with Crippen LogP contribution >= 0.6 is 0 Å². The van der Waals surface area contributed by atoms with Gasteiger partial charge < -0.3 is 10.0 Å². The molecule has 1 saturated heterocycles. The van der Waals surface area contributed by atoms with Crippen LogP contribution in [0, 0.1) is 0 Å². The Hall–Kier alpha value is -1.35. The molecule has 1 amide bonds. The predicted octanol–water partition coefficient (Wildman–Crippen LogP) is 2.38. The number of aryl methyl sites for hydroxylation is 1. The van der Waals surface area contributed by atoms with Crippen LogP contribution in [0.4, 0.5) is 0 Å². The monoisotopic (exact) mass is 261 g/mol. The summed E-state index contributed by atoms with van der Waals surface area (Å²) in [4.78, 5) is 14.2. The zero-order valence-electron chi connectivity index (χ0n) is 11.6. The number of amides is 1. The Balaban J connectivity index is 1.85. The molecular formula is C16H23NO2. The number of aliphatic hydroxyl groups excluding tert-OH is 1. The molecule has 1 aliphatic heterocycles. The molecule has 0 aliphatic carbocycles. The number of hydrogen-bond donors (Lipinski definition) is 1. The lowest BCUT2D eigenvalue weighted by Gasteiger charge is -2.25. The van der Waals surface area contributed by atoms with Crippen LogP contribution in [0.3, 0.4) is 0 Å². The van der Waals surface area contributed by atoms with Crippen molar-refractivity contribution < 1.29 is 9.90 Å². The van der Waals surface area contributed by atoms with Gasteiger partial charge in [-0.25, -0.2) is 0 Å². The van der Waals surface area contributed by atoms with Gasteiger partial charge in [0, 0.05) is 19.0 Å². The number of likely N-dealkylation sites (tertiary alicyclic amines) is 1. The normalized spacial score (nSPS) is 20.5. The van der Waals surface area contributed by atoms with E-state index in [1.807, 2.05) is 23.1 Å². The van der Waals surface area contributed by atoms with E-state index in [1.165, 1.54) is 5.56 Å². The maximum atomic E-state index is 12.3. The summed E-state index contributed by atoms with van der Waals surface area (Å²) in [6.07, 6.45) is 3.85. The highest BCUT2D eigenvalue weighted by Crippen LogP contribution is 2.22. The molecule has 3 nitrogen and oxygen atoms in total. The summed E-state index contributed by atoms with van der Waals surface area (Å²) in [5.74, 6) is 0.229. The van der Waals surface area contributed by atoms with Crippen LogP contribution in [0.2, 0.25) is 0 Å². The lowest BCUT2D eigenvalue weighted by atomic mass is 10.1. The first-order valence-corrected chi connectivity index (χ1v) is 7.18. The van der Waals surface area contributed by atoms with E-state index in [0.29, 0.717) is 12.8 Å². The average Bonchev–Trinajstić information content (AvgIpc) is 2.84. The third-order valence-electron chi connectivity index (χ3n) is 3.78. The van der Waals surface area contributed by atoms with Gasteiger partial charge in [-0.05, 0) is 38.2 Å². The first-order valence-electron chi connectivity index (χ1n) is 7.18. The fourth-order valence-corrected chi connectivity index (χ4v) is 2.84. The minimum absolute atomic E-state index is 0.229. The lowest BCUT2D eigenvalue weighted by Crippen LogP contribution is -2.37. The number of aliphatic hydroxyl groups is 1. The molecule has 1 N–H and O–H groups in total. The van der Waals surface area contributed by atoms with Crippen molar-refractivity contribution in [3.8, 4) is 0 Å². The van der Waals surface area contributed by atoms with E-state index in [9.17, 15) is 9.90 Å². The van der Waals surface area contributed by atoms with Gasteiger partial charge in [0.2, 0.25) is 5.91 Å². The Morgan fingerprint density at radius 2 is 2.16 bits per heavy atom. The van der Waals surface area contributed by atoms with Crippen LogP contribution in [0.5, 0.6) is 0 Å². The van der Waals surface area contributed by atoms with E-state index >= 15 is 0 Å². The summed E-state index contributed by atoms with van der Waals surface area (Å²) < 4.78 is 0. The molecular weight excluding hydrogens is 238 g/mol. The van der Waals surface area contributed by atoms with Crippen LogP contribution in [-0.4, -0.2) is 34.6 Å². The number of nitrogens with zero attached hydrogens (tertiary/aromatic N) is 1. The van der Waals surface area contributed by atoms with Crippen LogP contribution < -0.4 is 0 Å². The van der Waals surface area contributed by atoms with E-state index in [4.69, 9.17) is 0 Å². The van der Waals surface area contributed by atoms with Crippen LogP contribution in [0.15, 0.2) is 30.3 Å². The van der Waals surface area contributed by atoms with Crippen molar-refractivity contribution >= 4 is 5.91 Å². The maximum Gasteiger partial charge on any atom is 0.223 e. The molecule has 1 fully saturated rings. The second kappa shape index (κ2) is 6.71. The van der Waals surface area contributed by atoms with Gasteiger partial charge in [-0.1, -0.05) is 30.3 Å². The summed E-state index contributed by atoms with van der Waals surface area (Å²) >= 11 is 0. The molecule has 19 heavy (non-hydrogen) atoms. The smallest absolute Gasteiger partial charge is 0.223 e. The fraction of sp³-hybridized carbons (Fsp3) is 0.562. The van der Waals surface area contributed by atoms with Crippen molar-refractivity contribution in [2.45, 2.75) is 51.2 Å². The van der Waals surface area contributed by atoms with Gasteiger partial charge in [0.1, 0.15) is 0 Å². The number of carbonyl (C=O) groups excluding carboxylic acids is 1. The molecule has 0 saturated carbocycles. The van der Waals surface area contributed by atoms with Crippen LogP contribution in [-0.2, 0) is 11.2 Å². The molecule has 0 radical (unpaired) electrons. The van der Waals surface area contributed by atoms with Crippen LogP contribution in [0.25, 0.3) is 0 Å². The van der Waals surface area contributed by atoms with Gasteiger partial charge >= 0.3 is 0 Å². The molecule has 1 heterocycles. The quantitative estimate of drug-likeness (QED) is 0.884. The number of hydrogen-bond acceptors (Lipinski definition) is 2. The highest BCUT2D eigenvalue weighted by molar-refractivity contribution is 5.77. The lowest BCUT2D eigenvalue weighted by molar-refractivity contribution is -0.132. The summed E-state index contributed by atoms with van der Waals surface area (Å²) in [5, 5.41) is 9.48. The topological polar surface area (TPSA) is 40.5 Å². The van der Waals surface area contributed by atoms with E-state index in [0.717, 1.165) is 25.8 Å². The van der Waals surface area contributed by atoms with Gasteiger partial charge in [0.15, 0.2) is 0 Å². The second-order valence-electron chi connectivity index (χ2n) is 5.45. The van der Waals surface area contributed by atoms with Crippen molar-refractivity contribution in [3.63, 3.8) is 0 Å². The highest BCUT2D eigenvalue weighted by Gasteiger charge is 2.28. The Labute approximate surface area is 115 Å². The fourth-order valence-electron chi connectivity index (χ4n) is 2.84. The minimum atomic E-state index is -0.326. The number of rotatable bonds is 5. The van der Waals surface area contributed by atoms with E-state index in [-0.39, 0.29) is 18.1 Å². The second-order valence-corrected chi connectivity index (χ2v) is 5.45. The van der Waals surface area contributed by atoms with Crippen LogP contribution in [0.1, 0.15) is 38.2 Å². The Morgan fingerprint density at radius 3 is 2.84 bits per heavy atom. The molecule has 104 valence electrons. The molecule has 3 heteroatoms. The molecule has 0 aromatic heterocycles. The van der Waals surface area contributed by atoms with E-state index < -0.39 is 0 Å². The van der Waals surface area contributed by atoms with Crippen molar-refractivity contribution in [2.75, 3.05) is 6.54 Å². The Bertz CT molecular complexity index is 402. The third kappa shape index (κ3) is 4.06. The van der Waals surface area contributed by atoms with Gasteiger partial charge in [-0.2, -0.15) is 0 Å². The summed E-state index contributed by atoms with van der Waals surface area (Å²) in [7, 11) is 0. The Morgan fingerprint density at radius 1 is 1.42 bits per heavy atom. The average molecular weight is 261 g/mol. The SMILES string of the molecule is CC(O)CC1CCCN1C(=O)CCc1ccccc1. The van der Waals surface area contributed by atoms with Gasteiger partial charge in [0.05, 0.1) is 6.10 Å². The first kappa shape index (κ1) is 14.1. The molecule has 0 bridgehead atoms. The summed E-state index contributed by atoms with van der Waals surface area (Å²) in [5.41, 5.74) is 1.21. The predicted molar refractivity (Wildman–Crippen MR) is 75.8 cm³/mol. The minimum Gasteiger partial charge on any atom is -0.393 e. The summed E-state index contributed by atoms with van der Waals surface area (Å²) in [6.45, 7) is 2.65. The van der Waals surface area contributed by atoms with E-state index in [1.54, 1.807) is 6.92 Å². The molecule has 1 aliphatic rings. The maximum absolute atomic E-state index is 12.3. The number of benzene rings is 1. The zero-order valence-corrected chi connectivity index (χ0v) is 11.6. The molecule has 2 rings (SSSR count). The van der Waals surface area contributed by atoms with Gasteiger partial charge in [-0.3, -0.25) is 4.79 Å². The third-order valence-corrected chi connectivity index (χ3v) is 3.78. The largest absolute Gasteiger partial charge is 0.393 e. The van der Waals surface area contributed by atoms with Crippen molar-refractivity contribution in [3.05, 3.63) is 35.9 Å². The standard InChI is InChI=1S/C16H23NO2/c1-13(18)12-15-8-5-11-17(15)16(19)10-9-14-6-3-2-4-7-14/h2-4,6-7,13,15,18H,5,8-12H2,1H3. The molecule has 0 spiro atoms. The summed E-state index contributed by atoms with van der Waals surface area (Å²) in [6, 6.07) is 10.4. The molecule has 2 unspecified atom stereocenters.